The molecule has 0 aliphatic heterocycles. The third kappa shape index (κ3) is 5.96. The summed E-state index contributed by atoms with van der Waals surface area (Å²) >= 11 is 1.80. The van der Waals surface area contributed by atoms with Crippen LogP contribution in [0.1, 0.15) is 28.8 Å². The Balaban J connectivity index is 1.58. The van der Waals surface area contributed by atoms with Crippen LogP contribution in [-0.2, 0) is 19.5 Å². The summed E-state index contributed by atoms with van der Waals surface area (Å²) < 4.78 is 2.15. The number of hydrogen-bond acceptors (Lipinski definition) is 3. The lowest BCUT2D eigenvalue weighted by Gasteiger charge is -2.11. The van der Waals surface area contributed by atoms with E-state index in [9.17, 15) is 0 Å². The summed E-state index contributed by atoms with van der Waals surface area (Å²) in [7, 11) is 0. The number of aryl methyl sites for hydroxylation is 1. The molecular formula is C21H27N5S. The first-order valence-electron chi connectivity index (χ1n) is 9.34. The highest BCUT2D eigenvalue weighted by atomic mass is 32.1. The molecule has 3 rings (SSSR count). The van der Waals surface area contributed by atoms with Crippen molar-refractivity contribution in [3.8, 4) is 0 Å². The van der Waals surface area contributed by atoms with Crippen molar-refractivity contribution >= 4 is 17.3 Å². The number of nitrogens with zero attached hydrogens (tertiary/aromatic N) is 3. The fourth-order valence-electron chi connectivity index (χ4n) is 2.86. The van der Waals surface area contributed by atoms with Crippen molar-refractivity contribution < 1.29 is 0 Å². The lowest BCUT2D eigenvalue weighted by atomic mass is 10.1. The minimum atomic E-state index is 0.658. The number of guanidine groups is 1. The second-order valence-electron chi connectivity index (χ2n) is 6.37. The maximum absolute atomic E-state index is 4.74. The molecule has 0 unspecified atom stereocenters. The monoisotopic (exact) mass is 381 g/mol. The average Bonchev–Trinajstić information content (AvgIpc) is 3.32. The zero-order chi connectivity index (χ0) is 18.9. The minimum Gasteiger partial charge on any atom is -0.357 e. The molecule has 142 valence electrons. The van der Waals surface area contributed by atoms with Crippen molar-refractivity contribution in [1.82, 2.24) is 20.2 Å². The Kier molecular flexibility index (Phi) is 7.04. The molecule has 0 radical (unpaired) electrons. The predicted octanol–water partition coefficient (Wildman–Crippen LogP) is 3.60. The molecule has 0 aliphatic carbocycles. The molecular weight excluding hydrogens is 354 g/mol. The van der Waals surface area contributed by atoms with Crippen LogP contribution in [0.25, 0.3) is 0 Å². The van der Waals surface area contributed by atoms with Crippen LogP contribution in [0.2, 0.25) is 0 Å². The standard InChI is InChI=1S/C21H27N5S/c1-3-22-21(24-10-9-20-8-5-13-27-20)25-15-18-6-4-7-19(14-18)16-26-12-11-23-17(26)2/h4-8,11-14H,3,9-10,15-16H2,1-2H3,(H2,22,24,25). The third-order valence-electron chi connectivity index (χ3n) is 4.28. The first-order chi connectivity index (χ1) is 13.2. The number of benzene rings is 1. The number of imidazole rings is 1. The van der Waals surface area contributed by atoms with Crippen molar-refractivity contribution in [1.29, 1.82) is 0 Å². The van der Waals surface area contributed by atoms with Gasteiger partial charge in [-0.1, -0.05) is 30.3 Å². The topological polar surface area (TPSA) is 54.2 Å². The highest BCUT2D eigenvalue weighted by Crippen LogP contribution is 2.10. The second-order valence-corrected chi connectivity index (χ2v) is 7.41. The number of rotatable bonds is 8. The van der Waals surface area contributed by atoms with Crippen molar-refractivity contribution in [2.24, 2.45) is 4.99 Å². The van der Waals surface area contributed by atoms with Crippen LogP contribution in [0.4, 0.5) is 0 Å². The number of aliphatic imine (C=N–C) groups is 1. The Morgan fingerprint density at radius 3 is 2.81 bits per heavy atom. The summed E-state index contributed by atoms with van der Waals surface area (Å²) in [6.07, 6.45) is 4.87. The SMILES string of the molecule is CCNC(=NCc1cccc(Cn2ccnc2C)c1)NCCc1cccs1. The number of aromatic nitrogens is 2. The van der Waals surface area contributed by atoms with Gasteiger partial charge < -0.3 is 15.2 Å². The maximum Gasteiger partial charge on any atom is 0.191 e. The van der Waals surface area contributed by atoms with E-state index in [4.69, 9.17) is 4.99 Å². The first-order valence-corrected chi connectivity index (χ1v) is 10.2. The third-order valence-corrected chi connectivity index (χ3v) is 5.21. The molecule has 0 saturated heterocycles. The van der Waals surface area contributed by atoms with Crippen molar-refractivity contribution in [2.45, 2.75) is 33.4 Å². The van der Waals surface area contributed by atoms with E-state index < -0.39 is 0 Å². The molecule has 0 spiro atoms. The summed E-state index contributed by atoms with van der Waals surface area (Å²) in [5, 5.41) is 8.86. The van der Waals surface area contributed by atoms with E-state index in [-0.39, 0.29) is 0 Å². The Labute approximate surface area is 165 Å². The summed E-state index contributed by atoms with van der Waals surface area (Å²) in [4.78, 5) is 10.4. The van der Waals surface area contributed by atoms with E-state index in [1.165, 1.54) is 16.0 Å². The van der Waals surface area contributed by atoms with Gasteiger partial charge in [-0.15, -0.1) is 11.3 Å². The van der Waals surface area contributed by atoms with E-state index in [1.807, 2.05) is 19.3 Å². The van der Waals surface area contributed by atoms with Gasteiger partial charge in [-0.25, -0.2) is 9.98 Å². The molecule has 0 fully saturated rings. The molecule has 0 aliphatic rings. The number of thiophene rings is 1. The fraction of sp³-hybridized carbons (Fsp3) is 0.333. The summed E-state index contributed by atoms with van der Waals surface area (Å²) in [5.74, 6) is 1.90. The molecule has 27 heavy (non-hydrogen) atoms. The summed E-state index contributed by atoms with van der Waals surface area (Å²) in [5.41, 5.74) is 2.47. The quantitative estimate of drug-likeness (QED) is 0.463. The lowest BCUT2D eigenvalue weighted by molar-refractivity contribution is 0.760. The van der Waals surface area contributed by atoms with E-state index in [2.05, 4.69) is 68.9 Å². The largest absolute Gasteiger partial charge is 0.357 e. The Bertz CT molecular complexity index is 851. The van der Waals surface area contributed by atoms with Gasteiger partial charge in [0.2, 0.25) is 0 Å². The molecule has 0 amide bonds. The summed E-state index contributed by atoms with van der Waals surface area (Å²) in [6.45, 7) is 7.34. The van der Waals surface area contributed by atoms with E-state index in [0.29, 0.717) is 6.54 Å². The normalized spacial score (nSPS) is 11.6. The Morgan fingerprint density at radius 2 is 2.07 bits per heavy atom. The lowest BCUT2D eigenvalue weighted by Crippen LogP contribution is -2.38. The smallest absolute Gasteiger partial charge is 0.191 e. The average molecular weight is 382 g/mol. The van der Waals surface area contributed by atoms with E-state index in [1.54, 1.807) is 11.3 Å². The van der Waals surface area contributed by atoms with Gasteiger partial charge in [0, 0.05) is 36.9 Å². The van der Waals surface area contributed by atoms with Gasteiger partial charge in [-0.3, -0.25) is 0 Å². The van der Waals surface area contributed by atoms with Crippen LogP contribution in [0.15, 0.2) is 59.2 Å². The van der Waals surface area contributed by atoms with Crippen LogP contribution < -0.4 is 10.6 Å². The van der Waals surface area contributed by atoms with Crippen LogP contribution >= 0.6 is 11.3 Å². The van der Waals surface area contributed by atoms with Gasteiger partial charge in [-0.2, -0.15) is 0 Å². The number of nitrogens with one attached hydrogen (secondary N) is 2. The van der Waals surface area contributed by atoms with Crippen LogP contribution in [0.3, 0.4) is 0 Å². The van der Waals surface area contributed by atoms with E-state index in [0.717, 1.165) is 37.8 Å². The second kappa shape index (κ2) is 9.92. The van der Waals surface area contributed by atoms with Gasteiger partial charge in [0.15, 0.2) is 5.96 Å². The summed E-state index contributed by atoms with van der Waals surface area (Å²) in [6, 6.07) is 12.9. The predicted molar refractivity (Wildman–Crippen MR) is 113 cm³/mol. The maximum atomic E-state index is 4.74. The van der Waals surface area contributed by atoms with Gasteiger partial charge in [-0.05, 0) is 42.8 Å². The van der Waals surface area contributed by atoms with Crippen molar-refractivity contribution in [3.63, 3.8) is 0 Å². The molecule has 2 N–H and O–H groups in total. The minimum absolute atomic E-state index is 0.658. The van der Waals surface area contributed by atoms with Gasteiger partial charge in [0.1, 0.15) is 5.82 Å². The molecule has 2 aromatic heterocycles. The van der Waals surface area contributed by atoms with Crippen LogP contribution in [0.5, 0.6) is 0 Å². The zero-order valence-corrected chi connectivity index (χ0v) is 16.8. The van der Waals surface area contributed by atoms with Gasteiger partial charge in [0.25, 0.3) is 0 Å². The molecule has 2 heterocycles. The van der Waals surface area contributed by atoms with Crippen LogP contribution in [0, 0.1) is 6.92 Å². The highest BCUT2D eigenvalue weighted by molar-refractivity contribution is 7.09. The van der Waals surface area contributed by atoms with Gasteiger partial charge in [0.05, 0.1) is 6.54 Å². The molecule has 1 aromatic carbocycles. The molecule has 6 heteroatoms. The molecule has 0 bridgehead atoms. The molecule has 0 saturated carbocycles. The zero-order valence-electron chi connectivity index (χ0n) is 16.0. The highest BCUT2D eigenvalue weighted by Gasteiger charge is 2.02. The molecule has 3 aromatic rings. The number of hydrogen-bond donors (Lipinski definition) is 2. The van der Waals surface area contributed by atoms with Crippen molar-refractivity contribution in [3.05, 3.63) is 76.0 Å². The molecule has 5 nitrogen and oxygen atoms in total. The van der Waals surface area contributed by atoms with Gasteiger partial charge >= 0.3 is 0 Å². The first kappa shape index (κ1) is 19.2. The van der Waals surface area contributed by atoms with Crippen molar-refractivity contribution in [2.75, 3.05) is 13.1 Å². The van der Waals surface area contributed by atoms with E-state index >= 15 is 0 Å². The van der Waals surface area contributed by atoms with Crippen LogP contribution in [-0.4, -0.2) is 28.6 Å². The Hall–Kier alpha value is -2.60. The molecule has 0 atom stereocenters. The fourth-order valence-corrected chi connectivity index (χ4v) is 3.57. The Morgan fingerprint density at radius 1 is 1.19 bits per heavy atom.